The van der Waals surface area contributed by atoms with Crippen LogP contribution in [0.25, 0.3) is 0 Å². The van der Waals surface area contributed by atoms with E-state index in [1.807, 2.05) is 17.5 Å². The average Bonchev–Trinajstić information content (AvgIpc) is 2.88. The van der Waals surface area contributed by atoms with E-state index >= 15 is 0 Å². The topological polar surface area (TPSA) is 61.7 Å². The zero-order valence-corrected chi connectivity index (χ0v) is 14.1. The predicted molar refractivity (Wildman–Crippen MR) is 87.3 cm³/mol. The summed E-state index contributed by atoms with van der Waals surface area (Å²) in [4.78, 5) is 12.6. The molecule has 0 atom stereocenters. The van der Waals surface area contributed by atoms with Crippen molar-refractivity contribution in [1.29, 1.82) is 0 Å². The first-order valence-electron chi connectivity index (χ1n) is 5.58. The molecular formula is C13H10Br2N2O2S. The molecule has 7 heteroatoms. The number of phenols is 1. The highest BCUT2D eigenvalue weighted by molar-refractivity contribution is 9.11. The Morgan fingerprint density at radius 2 is 2.20 bits per heavy atom. The summed E-state index contributed by atoms with van der Waals surface area (Å²) in [6.45, 7) is 0. The van der Waals surface area contributed by atoms with Crippen LogP contribution in [0.4, 0.5) is 0 Å². The molecule has 1 aromatic carbocycles. The second kappa shape index (κ2) is 7.01. The van der Waals surface area contributed by atoms with Gasteiger partial charge < -0.3 is 5.11 Å². The van der Waals surface area contributed by atoms with Gasteiger partial charge in [-0.25, -0.2) is 5.43 Å². The molecule has 2 rings (SSSR count). The van der Waals surface area contributed by atoms with Crippen molar-refractivity contribution in [1.82, 2.24) is 5.43 Å². The molecule has 2 N–H and O–H groups in total. The summed E-state index contributed by atoms with van der Waals surface area (Å²) < 4.78 is 1.35. The van der Waals surface area contributed by atoms with Crippen molar-refractivity contribution in [3.05, 3.63) is 49.0 Å². The van der Waals surface area contributed by atoms with Gasteiger partial charge in [-0.2, -0.15) is 5.10 Å². The number of thiophene rings is 1. The van der Waals surface area contributed by atoms with Crippen LogP contribution in [0.5, 0.6) is 5.75 Å². The van der Waals surface area contributed by atoms with Crippen LogP contribution in [0, 0.1) is 0 Å². The number of hydrogen-bond donors (Lipinski definition) is 2. The van der Waals surface area contributed by atoms with Gasteiger partial charge in [-0.05, 0) is 39.5 Å². The number of nitrogens with zero attached hydrogens (tertiary/aromatic N) is 1. The molecule has 20 heavy (non-hydrogen) atoms. The molecule has 0 fully saturated rings. The van der Waals surface area contributed by atoms with Crippen LogP contribution in [-0.4, -0.2) is 17.2 Å². The first-order valence-corrected chi connectivity index (χ1v) is 8.05. The second-order valence-corrected chi connectivity index (χ2v) is 6.62. The standard InChI is InChI=1S/C13H10Br2N2O2S/c14-10-6-11(15)12(18)4-8(10)7-16-17-13(19)5-9-2-1-3-20-9/h1-4,6-7,18H,5H2,(H,17,19)/b16-7+. The molecule has 0 saturated heterocycles. The molecule has 0 bridgehead atoms. The van der Waals surface area contributed by atoms with E-state index in [1.54, 1.807) is 12.1 Å². The van der Waals surface area contributed by atoms with Crippen molar-refractivity contribution >= 4 is 55.3 Å². The van der Waals surface area contributed by atoms with Gasteiger partial charge in [0.2, 0.25) is 5.91 Å². The molecule has 4 nitrogen and oxygen atoms in total. The van der Waals surface area contributed by atoms with Crippen LogP contribution < -0.4 is 5.43 Å². The average molecular weight is 418 g/mol. The van der Waals surface area contributed by atoms with E-state index < -0.39 is 0 Å². The van der Waals surface area contributed by atoms with Crippen molar-refractivity contribution in [2.75, 3.05) is 0 Å². The predicted octanol–water partition coefficient (Wildman–Crippen LogP) is 3.67. The van der Waals surface area contributed by atoms with Crippen LogP contribution in [0.3, 0.4) is 0 Å². The summed E-state index contributed by atoms with van der Waals surface area (Å²) in [6, 6.07) is 7.06. The summed E-state index contributed by atoms with van der Waals surface area (Å²) in [6.07, 6.45) is 1.78. The Hall–Kier alpha value is -1.18. The molecular weight excluding hydrogens is 408 g/mol. The summed E-state index contributed by atoms with van der Waals surface area (Å²) in [5.74, 6) is -0.0688. The van der Waals surface area contributed by atoms with Crippen LogP contribution in [0.15, 0.2) is 43.7 Å². The minimum absolute atomic E-state index is 0.111. The summed E-state index contributed by atoms with van der Waals surface area (Å²) >= 11 is 8.09. The Labute approximate surface area is 136 Å². The van der Waals surface area contributed by atoms with E-state index in [0.717, 1.165) is 9.35 Å². The number of amides is 1. The molecule has 2 aromatic rings. The van der Waals surface area contributed by atoms with Gasteiger partial charge >= 0.3 is 0 Å². The number of halogens is 2. The van der Waals surface area contributed by atoms with E-state index in [1.165, 1.54) is 17.6 Å². The Bertz CT molecular complexity index is 642. The molecule has 0 aliphatic rings. The molecule has 0 aliphatic carbocycles. The number of hydrazone groups is 1. The fraction of sp³-hybridized carbons (Fsp3) is 0.0769. The van der Waals surface area contributed by atoms with Crippen molar-refractivity contribution in [3.8, 4) is 5.75 Å². The van der Waals surface area contributed by atoms with E-state index in [0.29, 0.717) is 16.5 Å². The van der Waals surface area contributed by atoms with Crippen molar-refractivity contribution < 1.29 is 9.90 Å². The zero-order chi connectivity index (χ0) is 14.5. The maximum absolute atomic E-state index is 11.6. The monoisotopic (exact) mass is 416 g/mol. The van der Waals surface area contributed by atoms with E-state index in [-0.39, 0.29) is 11.7 Å². The number of nitrogens with one attached hydrogen (secondary N) is 1. The lowest BCUT2D eigenvalue weighted by Crippen LogP contribution is -2.19. The Balaban J connectivity index is 1.96. The highest BCUT2D eigenvalue weighted by atomic mass is 79.9. The number of rotatable bonds is 4. The summed E-state index contributed by atoms with van der Waals surface area (Å²) in [7, 11) is 0. The fourth-order valence-electron chi connectivity index (χ4n) is 1.44. The molecule has 1 heterocycles. The van der Waals surface area contributed by atoms with E-state index in [2.05, 4.69) is 42.4 Å². The van der Waals surface area contributed by atoms with Gasteiger partial charge in [0.05, 0.1) is 17.1 Å². The fourth-order valence-corrected chi connectivity index (χ4v) is 3.24. The molecule has 1 amide bonds. The van der Waals surface area contributed by atoms with E-state index in [4.69, 9.17) is 0 Å². The Morgan fingerprint density at radius 3 is 2.90 bits per heavy atom. The van der Waals surface area contributed by atoms with Gasteiger partial charge in [0, 0.05) is 14.9 Å². The quantitative estimate of drug-likeness (QED) is 0.588. The lowest BCUT2D eigenvalue weighted by atomic mass is 10.2. The summed E-state index contributed by atoms with van der Waals surface area (Å²) in [5.41, 5.74) is 3.12. The van der Waals surface area contributed by atoms with Gasteiger partial charge in [0.1, 0.15) is 5.75 Å². The van der Waals surface area contributed by atoms with Crippen LogP contribution >= 0.6 is 43.2 Å². The number of phenolic OH excluding ortho intramolecular Hbond substituents is 1. The first kappa shape index (κ1) is 15.2. The smallest absolute Gasteiger partial charge is 0.245 e. The first-order chi connectivity index (χ1) is 9.56. The number of carbonyl (C=O) groups excluding carboxylic acids is 1. The van der Waals surface area contributed by atoms with Gasteiger partial charge in [-0.15, -0.1) is 11.3 Å². The van der Waals surface area contributed by atoms with Gasteiger partial charge in [0.25, 0.3) is 0 Å². The lowest BCUT2D eigenvalue weighted by molar-refractivity contribution is -0.120. The van der Waals surface area contributed by atoms with Gasteiger partial charge in [-0.1, -0.05) is 22.0 Å². The minimum atomic E-state index is -0.179. The SMILES string of the molecule is O=C(Cc1cccs1)N/N=C/c1cc(O)c(Br)cc1Br. The van der Waals surface area contributed by atoms with E-state index in [9.17, 15) is 9.90 Å². The van der Waals surface area contributed by atoms with Crippen LogP contribution in [0.2, 0.25) is 0 Å². The largest absolute Gasteiger partial charge is 0.507 e. The molecule has 1 aromatic heterocycles. The zero-order valence-electron chi connectivity index (χ0n) is 10.1. The van der Waals surface area contributed by atoms with Crippen molar-refractivity contribution in [2.45, 2.75) is 6.42 Å². The Kier molecular flexibility index (Phi) is 5.33. The number of benzene rings is 1. The maximum atomic E-state index is 11.6. The van der Waals surface area contributed by atoms with Crippen LogP contribution in [0.1, 0.15) is 10.4 Å². The third-order valence-corrected chi connectivity index (χ3v) is 4.57. The molecule has 0 spiro atoms. The highest BCUT2D eigenvalue weighted by Crippen LogP contribution is 2.29. The van der Waals surface area contributed by atoms with Crippen molar-refractivity contribution in [3.63, 3.8) is 0 Å². The number of carbonyl (C=O) groups is 1. The molecule has 0 aliphatic heterocycles. The maximum Gasteiger partial charge on any atom is 0.245 e. The molecule has 0 radical (unpaired) electrons. The van der Waals surface area contributed by atoms with Gasteiger partial charge in [-0.3, -0.25) is 4.79 Å². The number of hydrogen-bond acceptors (Lipinski definition) is 4. The molecule has 0 unspecified atom stereocenters. The third-order valence-electron chi connectivity index (χ3n) is 2.37. The highest BCUT2D eigenvalue weighted by Gasteiger charge is 2.05. The second-order valence-electron chi connectivity index (χ2n) is 3.87. The van der Waals surface area contributed by atoms with Crippen molar-refractivity contribution in [2.24, 2.45) is 5.10 Å². The normalized spacial score (nSPS) is 10.9. The third kappa shape index (κ3) is 4.16. The molecule has 104 valence electrons. The summed E-state index contributed by atoms with van der Waals surface area (Å²) in [5, 5.41) is 15.4. The number of aromatic hydroxyl groups is 1. The van der Waals surface area contributed by atoms with Crippen LogP contribution in [-0.2, 0) is 11.2 Å². The minimum Gasteiger partial charge on any atom is -0.507 e. The lowest BCUT2D eigenvalue weighted by Gasteiger charge is -2.02. The van der Waals surface area contributed by atoms with Gasteiger partial charge in [0.15, 0.2) is 0 Å². The molecule has 0 saturated carbocycles. The Morgan fingerprint density at radius 1 is 1.40 bits per heavy atom.